The second kappa shape index (κ2) is 7.55. The van der Waals surface area contributed by atoms with Crippen LogP contribution in [-0.4, -0.2) is 32.5 Å². The summed E-state index contributed by atoms with van der Waals surface area (Å²) in [5.41, 5.74) is 3.70. The molecule has 2 aromatic carbocycles. The molecule has 0 spiro atoms. The van der Waals surface area contributed by atoms with Gasteiger partial charge >= 0.3 is 0 Å². The number of nitrogens with one attached hydrogen (secondary N) is 1. The summed E-state index contributed by atoms with van der Waals surface area (Å²) in [6.45, 7) is 0. The zero-order valence-corrected chi connectivity index (χ0v) is 15.4. The summed E-state index contributed by atoms with van der Waals surface area (Å²) in [5, 5.41) is 4.38. The molecule has 1 N–H and O–H groups in total. The van der Waals surface area contributed by atoms with Gasteiger partial charge in [-0.1, -0.05) is 12.1 Å². The molecule has 146 valence electrons. The third-order valence-electron chi connectivity index (χ3n) is 4.33. The molecule has 0 aliphatic rings. The summed E-state index contributed by atoms with van der Waals surface area (Å²) < 4.78 is 20.7. The van der Waals surface area contributed by atoms with Crippen molar-refractivity contribution >= 4 is 16.9 Å². The van der Waals surface area contributed by atoms with Gasteiger partial charge in [0.25, 0.3) is 5.56 Å². The molecule has 0 bridgehead atoms. The van der Waals surface area contributed by atoms with Gasteiger partial charge in [0, 0.05) is 0 Å². The van der Waals surface area contributed by atoms with E-state index in [1.807, 2.05) is 0 Å². The zero-order valence-electron chi connectivity index (χ0n) is 15.4. The summed E-state index contributed by atoms with van der Waals surface area (Å²) in [4.78, 5) is 29.2. The SMILES string of the molecule is COc1ccc(CC(=O)Nn2cnc3c(cnn3-c3ccc(F)cc3)c2=O)cc1. The number of halogens is 1. The molecule has 8 nitrogen and oxygen atoms in total. The van der Waals surface area contributed by atoms with Crippen molar-refractivity contribution in [1.29, 1.82) is 0 Å². The molecule has 0 radical (unpaired) electrons. The number of hydrogen-bond donors (Lipinski definition) is 1. The third-order valence-corrected chi connectivity index (χ3v) is 4.33. The number of nitrogens with zero attached hydrogens (tertiary/aromatic N) is 4. The van der Waals surface area contributed by atoms with Crippen LogP contribution in [0.25, 0.3) is 16.7 Å². The van der Waals surface area contributed by atoms with Gasteiger partial charge in [0.2, 0.25) is 5.91 Å². The monoisotopic (exact) mass is 393 g/mol. The van der Waals surface area contributed by atoms with E-state index in [9.17, 15) is 14.0 Å². The number of hydrogen-bond acceptors (Lipinski definition) is 5. The third kappa shape index (κ3) is 3.70. The van der Waals surface area contributed by atoms with Crippen molar-refractivity contribution in [2.75, 3.05) is 12.5 Å². The summed E-state index contributed by atoms with van der Waals surface area (Å²) in [7, 11) is 1.56. The maximum Gasteiger partial charge on any atom is 0.283 e. The molecule has 0 unspecified atom stereocenters. The van der Waals surface area contributed by atoms with E-state index in [4.69, 9.17) is 4.74 Å². The number of aromatic nitrogens is 4. The Morgan fingerprint density at radius 1 is 1.14 bits per heavy atom. The van der Waals surface area contributed by atoms with Crippen molar-refractivity contribution in [3.05, 3.63) is 82.8 Å². The van der Waals surface area contributed by atoms with Crippen LogP contribution in [-0.2, 0) is 11.2 Å². The molecule has 29 heavy (non-hydrogen) atoms. The molecule has 4 rings (SSSR count). The minimum atomic E-state index is -0.466. The normalized spacial score (nSPS) is 10.8. The predicted molar refractivity (Wildman–Crippen MR) is 104 cm³/mol. The highest BCUT2D eigenvalue weighted by atomic mass is 19.1. The number of rotatable bonds is 5. The number of ether oxygens (including phenoxy) is 1. The average molecular weight is 393 g/mol. The lowest BCUT2D eigenvalue weighted by molar-refractivity contribution is -0.116. The van der Waals surface area contributed by atoms with Gasteiger partial charge in [-0.25, -0.2) is 18.7 Å². The molecule has 0 saturated carbocycles. The van der Waals surface area contributed by atoms with E-state index in [0.29, 0.717) is 17.1 Å². The standard InChI is InChI=1S/C20H16FN5O3/c1-29-16-8-2-13(3-9-16)10-18(27)24-25-12-22-19-17(20(25)28)11-23-26(19)15-6-4-14(21)5-7-15/h2-9,11-12H,10H2,1H3,(H,24,27). The molecule has 0 aliphatic carbocycles. The quantitative estimate of drug-likeness (QED) is 0.560. The fourth-order valence-electron chi connectivity index (χ4n) is 2.87. The van der Waals surface area contributed by atoms with E-state index in [1.165, 1.54) is 41.5 Å². The van der Waals surface area contributed by atoms with Gasteiger partial charge in [-0.3, -0.25) is 15.0 Å². The number of carbonyl (C=O) groups excluding carboxylic acids is 1. The predicted octanol–water partition coefficient (Wildman–Crippen LogP) is 2.04. The molecule has 0 aliphatic heterocycles. The van der Waals surface area contributed by atoms with E-state index in [1.54, 1.807) is 31.4 Å². The zero-order chi connectivity index (χ0) is 20.4. The number of carbonyl (C=O) groups is 1. The number of methoxy groups -OCH3 is 1. The molecule has 0 saturated heterocycles. The van der Waals surface area contributed by atoms with Crippen LogP contribution in [0.1, 0.15) is 5.56 Å². The smallest absolute Gasteiger partial charge is 0.283 e. The number of fused-ring (bicyclic) bond motifs is 1. The van der Waals surface area contributed by atoms with E-state index in [2.05, 4.69) is 15.5 Å². The van der Waals surface area contributed by atoms with Crippen LogP contribution in [0.4, 0.5) is 4.39 Å². The highest BCUT2D eigenvalue weighted by Crippen LogP contribution is 2.14. The highest BCUT2D eigenvalue weighted by Gasteiger charge is 2.13. The molecule has 2 heterocycles. The van der Waals surface area contributed by atoms with E-state index in [0.717, 1.165) is 10.2 Å². The Bertz CT molecular complexity index is 1230. The van der Waals surface area contributed by atoms with E-state index < -0.39 is 5.56 Å². The van der Waals surface area contributed by atoms with Gasteiger partial charge in [0.15, 0.2) is 5.65 Å². The van der Waals surface area contributed by atoms with Gasteiger partial charge in [0.05, 0.1) is 25.4 Å². The number of amides is 1. The van der Waals surface area contributed by atoms with Gasteiger partial charge in [-0.2, -0.15) is 5.10 Å². The van der Waals surface area contributed by atoms with Crippen molar-refractivity contribution in [3.63, 3.8) is 0 Å². The first kappa shape index (κ1) is 18.4. The van der Waals surface area contributed by atoms with Gasteiger partial charge in [-0.15, -0.1) is 0 Å². The van der Waals surface area contributed by atoms with Crippen LogP contribution in [0.2, 0.25) is 0 Å². The Labute approximate surface area is 164 Å². The Morgan fingerprint density at radius 3 is 2.55 bits per heavy atom. The maximum absolute atomic E-state index is 13.1. The lowest BCUT2D eigenvalue weighted by Crippen LogP contribution is -2.34. The summed E-state index contributed by atoms with van der Waals surface area (Å²) >= 11 is 0. The molecule has 4 aromatic rings. The largest absolute Gasteiger partial charge is 0.497 e. The van der Waals surface area contributed by atoms with Crippen LogP contribution >= 0.6 is 0 Å². The van der Waals surface area contributed by atoms with Gasteiger partial charge < -0.3 is 4.74 Å². The van der Waals surface area contributed by atoms with E-state index >= 15 is 0 Å². The Morgan fingerprint density at radius 2 is 1.86 bits per heavy atom. The first-order valence-corrected chi connectivity index (χ1v) is 8.69. The summed E-state index contributed by atoms with van der Waals surface area (Å²) in [6, 6.07) is 12.7. The first-order valence-electron chi connectivity index (χ1n) is 8.69. The fraction of sp³-hybridized carbons (Fsp3) is 0.100. The Hall–Kier alpha value is -4.01. The van der Waals surface area contributed by atoms with E-state index in [-0.39, 0.29) is 23.5 Å². The highest BCUT2D eigenvalue weighted by molar-refractivity contribution is 5.86. The first-order chi connectivity index (χ1) is 14.0. The van der Waals surface area contributed by atoms with Crippen molar-refractivity contribution in [1.82, 2.24) is 19.4 Å². The lowest BCUT2D eigenvalue weighted by Gasteiger charge is -2.08. The van der Waals surface area contributed by atoms with Crippen LogP contribution in [0.5, 0.6) is 5.75 Å². The van der Waals surface area contributed by atoms with Crippen LogP contribution in [0, 0.1) is 5.82 Å². The van der Waals surface area contributed by atoms with Gasteiger partial charge in [0.1, 0.15) is 23.3 Å². The van der Waals surface area contributed by atoms with Crippen molar-refractivity contribution < 1.29 is 13.9 Å². The van der Waals surface area contributed by atoms with Crippen LogP contribution in [0.15, 0.2) is 65.8 Å². The molecule has 0 atom stereocenters. The summed E-state index contributed by atoms with van der Waals surface area (Å²) in [6.07, 6.45) is 2.67. The second-order valence-corrected chi connectivity index (χ2v) is 6.25. The van der Waals surface area contributed by atoms with Gasteiger partial charge in [-0.05, 0) is 42.0 Å². The molecule has 0 fully saturated rings. The average Bonchev–Trinajstić information content (AvgIpc) is 3.16. The minimum absolute atomic E-state index is 0.0866. The Kier molecular flexibility index (Phi) is 4.78. The number of benzene rings is 2. The van der Waals surface area contributed by atoms with Crippen molar-refractivity contribution in [2.45, 2.75) is 6.42 Å². The molecular formula is C20H16FN5O3. The van der Waals surface area contributed by atoms with Crippen LogP contribution in [0.3, 0.4) is 0 Å². The fourth-order valence-corrected chi connectivity index (χ4v) is 2.87. The molecule has 2 aromatic heterocycles. The summed E-state index contributed by atoms with van der Waals surface area (Å²) in [5.74, 6) is -0.0531. The topological polar surface area (TPSA) is 91.0 Å². The van der Waals surface area contributed by atoms with Crippen molar-refractivity contribution in [3.8, 4) is 11.4 Å². The van der Waals surface area contributed by atoms with Crippen molar-refractivity contribution in [2.24, 2.45) is 0 Å². The molecular weight excluding hydrogens is 377 g/mol. The maximum atomic E-state index is 13.1. The Balaban J connectivity index is 1.56. The van der Waals surface area contributed by atoms with Crippen LogP contribution < -0.4 is 15.7 Å². The molecule has 9 heteroatoms. The minimum Gasteiger partial charge on any atom is -0.497 e. The second-order valence-electron chi connectivity index (χ2n) is 6.25. The lowest BCUT2D eigenvalue weighted by atomic mass is 10.1. The molecule has 1 amide bonds.